The van der Waals surface area contributed by atoms with Crippen LogP contribution in [0, 0.1) is 17.1 Å². The maximum Gasteiger partial charge on any atom is 0.338 e. The second kappa shape index (κ2) is 11.5. The summed E-state index contributed by atoms with van der Waals surface area (Å²) in [5.41, 5.74) is 3.28. The standard InChI is InChI=1S/C31H24FN3O4S/c1-3-38-30(37)27-19(2)34-31-35(28(27)23-10-12-24(32)13-11-23)29(36)26(40-31)16-20-8-14-25(15-9-20)39-18-22-6-4-21(17-33)5-7-22/h4-16,28H,3,18H2,1-2H3/b26-16-/t28-/m1/s1. The summed E-state index contributed by atoms with van der Waals surface area (Å²) in [5, 5.41) is 8.93. The Labute approximate surface area is 233 Å². The van der Waals surface area contributed by atoms with E-state index < -0.39 is 17.8 Å². The number of thiazole rings is 1. The summed E-state index contributed by atoms with van der Waals surface area (Å²) >= 11 is 1.22. The summed E-state index contributed by atoms with van der Waals surface area (Å²) in [4.78, 5) is 31.6. The predicted octanol–water partition coefficient (Wildman–Crippen LogP) is 4.39. The van der Waals surface area contributed by atoms with E-state index in [1.165, 1.54) is 28.0 Å². The van der Waals surface area contributed by atoms with Gasteiger partial charge >= 0.3 is 5.97 Å². The van der Waals surface area contributed by atoms with Crippen molar-refractivity contribution in [2.45, 2.75) is 26.5 Å². The lowest BCUT2D eigenvalue weighted by atomic mass is 9.96. The summed E-state index contributed by atoms with van der Waals surface area (Å²) in [6.07, 6.45) is 1.76. The number of rotatable bonds is 7. The quantitative estimate of drug-likeness (QED) is 0.317. The van der Waals surface area contributed by atoms with Crippen molar-refractivity contribution in [3.63, 3.8) is 0 Å². The van der Waals surface area contributed by atoms with Crippen LogP contribution in [0.5, 0.6) is 5.75 Å². The van der Waals surface area contributed by atoms with Crippen molar-refractivity contribution in [3.8, 4) is 11.8 Å². The number of allylic oxidation sites excluding steroid dienone is 1. The molecule has 5 rings (SSSR count). The maximum atomic E-state index is 13.7. The second-order valence-electron chi connectivity index (χ2n) is 9.02. The minimum atomic E-state index is -0.795. The average Bonchev–Trinajstić information content (AvgIpc) is 3.26. The number of nitrogens with zero attached hydrogens (tertiary/aromatic N) is 3. The molecule has 0 aliphatic carbocycles. The van der Waals surface area contributed by atoms with Crippen molar-refractivity contribution in [3.05, 3.63) is 132 Å². The zero-order valence-corrected chi connectivity index (χ0v) is 22.6. The summed E-state index contributed by atoms with van der Waals surface area (Å²) in [6, 6.07) is 21.5. The SMILES string of the molecule is CCOC(=O)C1=C(C)N=c2s/c(=C\c3ccc(OCc4ccc(C#N)cc4)cc3)c(=O)n2[C@@H]1c1ccc(F)cc1. The van der Waals surface area contributed by atoms with E-state index >= 15 is 0 Å². The Morgan fingerprint density at radius 2 is 1.80 bits per heavy atom. The number of hydrogen-bond donors (Lipinski definition) is 0. The van der Waals surface area contributed by atoms with Gasteiger partial charge in [0.25, 0.3) is 5.56 Å². The molecule has 0 saturated carbocycles. The number of benzene rings is 3. The molecule has 0 fully saturated rings. The maximum absolute atomic E-state index is 13.7. The topological polar surface area (TPSA) is 93.7 Å². The Bertz CT molecular complexity index is 1810. The first-order valence-corrected chi connectivity index (χ1v) is 13.4. The van der Waals surface area contributed by atoms with Crippen molar-refractivity contribution < 1.29 is 18.7 Å². The highest BCUT2D eigenvalue weighted by Gasteiger charge is 2.33. The van der Waals surface area contributed by atoms with Crippen LogP contribution in [0.3, 0.4) is 0 Å². The molecule has 1 atom stereocenters. The highest BCUT2D eigenvalue weighted by Crippen LogP contribution is 2.30. The van der Waals surface area contributed by atoms with Crippen LogP contribution in [-0.2, 0) is 16.1 Å². The molecule has 0 N–H and O–H groups in total. The molecule has 0 unspecified atom stereocenters. The zero-order valence-electron chi connectivity index (χ0n) is 21.8. The van der Waals surface area contributed by atoms with Gasteiger partial charge in [-0.25, -0.2) is 14.2 Å². The van der Waals surface area contributed by atoms with Crippen LogP contribution in [0.1, 0.15) is 42.1 Å². The van der Waals surface area contributed by atoms with E-state index in [1.54, 1.807) is 44.2 Å². The molecule has 7 nitrogen and oxygen atoms in total. The number of fused-ring (bicyclic) bond motifs is 1. The minimum absolute atomic E-state index is 0.170. The Balaban J connectivity index is 1.46. The molecular formula is C31H24FN3O4S. The fourth-order valence-electron chi connectivity index (χ4n) is 4.41. The van der Waals surface area contributed by atoms with Gasteiger partial charge in [0.05, 0.1) is 40.1 Å². The Morgan fingerprint density at radius 3 is 2.45 bits per heavy atom. The zero-order chi connectivity index (χ0) is 28.2. The lowest BCUT2D eigenvalue weighted by molar-refractivity contribution is -0.139. The molecule has 1 aliphatic heterocycles. The highest BCUT2D eigenvalue weighted by atomic mass is 32.1. The molecule has 9 heteroatoms. The van der Waals surface area contributed by atoms with Gasteiger partial charge in [-0.15, -0.1) is 0 Å². The van der Waals surface area contributed by atoms with E-state index in [1.807, 2.05) is 36.4 Å². The molecule has 0 spiro atoms. The third-order valence-electron chi connectivity index (χ3n) is 6.37. The van der Waals surface area contributed by atoms with E-state index in [0.29, 0.717) is 38.5 Å². The van der Waals surface area contributed by atoms with Gasteiger partial charge in [0.2, 0.25) is 0 Å². The average molecular weight is 554 g/mol. The number of hydrogen-bond acceptors (Lipinski definition) is 7. The van der Waals surface area contributed by atoms with Crippen molar-refractivity contribution in [2.75, 3.05) is 6.61 Å². The van der Waals surface area contributed by atoms with Crippen LogP contribution in [0.15, 0.2) is 93.9 Å². The molecule has 4 aromatic rings. The molecule has 3 aromatic carbocycles. The first-order valence-electron chi connectivity index (χ1n) is 12.5. The number of halogens is 1. The Kier molecular flexibility index (Phi) is 7.71. The molecular weight excluding hydrogens is 529 g/mol. The van der Waals surface area contributed by atoms with Crippen LogP contribution in [0.2, 0.25) is 0 Å². The molecule has 200 valence electrons. The molecule has 2 heterocycles. The van der Waals surface area contributed by atoms with Crippen LogP contribution < -0.4 is 19.6 Å². The van der Waals surface area contributed by atoms with E-state index in [2.05, 4.69) is 11.1 Å². The Hall–Kier alpha value is -4.81. The summed E-state index contributed by atoms with van der Waals surface area (Å²) in [5.74, 6) is -0.322. The van der Waals surface area contributed by atoms with Gasteiger partial charge in [-0.2, -0.15) is 5.26 Å². The number of carbonyl (C=O) groups is 1. The molecule has 1 aliphatic rings. The lowest BCUT2D eigenvalue weighted by Crippen LogP contribution is -2.39. The van der Waals surface area contributed by atoms with Gasteiger partial charge in [-0.3, -0.25) is 9.36 Å². The highest BCUT2D eigenvalue weighted by molar-refractivity contribution is 7.07. The first kappa shape index (κ1) is 26.8. The number of nitriles is 1. The Morgan fingerprint density at radius 1 is 1.10 bits per heavy atom. The lowest BCUT2D eigenvalue weighted by Gasteiger charge is -2.24. The molecule has 0 amide bonds. The van der Waals surface area contributed by atoms with Gasteiger partial charge < -0.3 is 9.47 Å². The van der Waals surface area contributed by atoms with E-state index in [4.69, 9.17) is 14.7 Å². The van der Waals surface area contributed by atoms with Crippen molar-refractivity contribution in [1.82, 2.24) is 4.57 Å². The van der Waals surface area contributed by atoms with E-state index in [-0.39, 0.29) is 17.7 Å². The monoisotopic (exact) mass is 553 g/mol. The van der Waals surface area contributed by atoms with Crippen LogP contribution in [0.4, 0.5) is 4.39 Å². The fraction of sp³-hybridized carbons (Fsp3) is 0.161. The molecule has 0 bridgehead atoms. The number of ether oxygens (including phenoxy) is 2. The van der Waals surface area contributed by atoms with E-state index in [0.717, 1.165) is 11.1 Å². The normalized spacial score (nSPS) is 14.8. The van der Waals surface area contributed by atoms with Gasteiger partial charge in [0.1, 0.15) is 18.2 Å². The molecule has 0 saturated heterocycles. The van der Waals surface area contributed by atoms with Gasteiger partial charge in [-0.05, 0) is 73.0 Å². The minimum Gasteiger partial charge on any atom is -0.489 e. The van der Waals surface area contributed by atoms with Gasteiger partial charge in [0.15, 0.2) is 4.80 Å². The predicted molar refractivity (Wildman–Crippen MR) is 149 cm³/mol. The smallest absolute Gasteiger partial charge is 0.338 e. The summed E-state index contributed by atoms with van der Waals surface area (Å²) < 4.78 is 26.7. The summed E-state index contributed by atoms with van der Waals surface area (Å²) in [7, 11) is 0. The second-order valence-corrected chi connectivity index (χ2v) is 10.0. The molecule has 0 radical (unpaired) electrons. The fourth-order valence-corrected chi connectivity index (χ4v) is 5.45. The molecule has 40 heavy (non-hydrogen) atoms. The van der Waals surface area contributed by atoms with Gasteiger partial charge in [0, 0.05) is 0 Å². The first-order chi connectivity index (χ1) is 19.4. The third-order valence-corrected chi connectivity index (χ3v) is 7.35. The largest absolute Gasteiger partial charge is 0.489 e. The summed E-state index contributed by atoms with van der Waals surface area (Å²) in [6.45, 7) is 3.94. The number of carbonyl (C=O) groups excluding carboxylic acids is 1. The van der Waals surface area contributed by atoms with Gasteiger partial charge in [-0.1, -0.05) is 47.7 Å². The van der Waals surface area contributed by atoms with Crippen molar-refractivity contribution in [2.24, 2.45) is 4.99 Å². The number of aromatic nitrogens is 1. The van der Waals surface area contributed by atoms with Crippen LogP contribution >= 0.6 is 11.3 Å². The molecule has 1 aromatic heterocycles. The van der Waals surface area contributed by atoms with Crippen molar-refractivity contribution >= 4 is 23.4 Å². The van der Waals surface area contributed by atoms with Crippen LogP contribution in [0.25, 0.3) is 6.08 Å². The number of esters is 1. The van der Waals surface area contributed by atoms with Crippen molar-refractivity contribution in [1.29, 1.82) is 5.26 Å². The van der Waals surface area contributed by atoms with E-state index in [9.17, 15) is 14.0 Å². The van der Waals surface area contributed by atoms with Crippen LogP contribution in [-0.4, -0.2) is 17.1 Å². The third kappa shape index (κ3) is 5.48.